The van der Waals surface area contributed by atoms with Gasteiger partial charge >= 0.3 is 0 Å². The van der Waals surface area contributed by atoms with Gasteiger partial charge in [-0.05, 0) is 45.1 Å². The van der Waals surface area contributed by atoms with Crippen molar-refractivity contribution in [3.63, 3.8) is 0 Å². The molecule has 0 aromatic carbocycles. The number of hydrogen-bond donors (Lipinski definition) is 0. The fraction of sp³-hybridized carbons (Fsp3) is 0.571. The lowest BCUT2D eigenvalue weighted by Crippen LogP contribution is -2.29. The maximum Gasteiger partial charge on any atom is 0.160 e. The number of hydrogen-bond acceptors (Lipinski definition) is 4. The van der Waals surface area contributed by atoms with Crippen molar-refractivity contribution in [3.05, 3.63) is 29.7 Å². The van der Waals surface area contributed by atoms with Crippen LogP contribution in [0.1, 0.15) is 17.8 Å². The van der Waals surface area contributed by atoms with Gasteiger partial charge in [-0.1, -0.05) is 6.07 Å². The highest BCUT2D eigenvalue weighted by atomic mass is 15.3. The third kappa shape index (κ3) is 2.77. The van der Waals surface area contributed by atoms with E-state index in [9.17, 15) is 0 Å². The highest BCUT2D eigenvalue weighted by molar-refractivity contribution is 5.39. The molecule has 0 unspecified atom stereocenters. The molecular formula is C14H21N5. The number of likely N-dealkylation sites (N-methyl/N-ethyl adjacent to an activating group) is 1. The molecule has 1 saturated heterocycles. The van der Waals surface area contributed by atoms with E-state index in [4.69, 9.17) is 0 Å². The predicted octanol–water partition coefficient (Wildman–Crippen LogP) is 1.18. The summed E-state index contributed by atoms with van der Waals surface area (Å²) in [5.41, 5.74) is 2.18. The summed E-state index contributed by atoms with van der Waals surface area (Å²) < 4.78 is 2.12. The van der Waals surface area contributed by atoms with Crippen molar-refractivity contribution in [3.8, 4) is 0 Å². The van der Waals surface area contributed by atoms with Gasteiger partial charge in [0, 0.05) is 19.3 Å². The average molecular weight is 259 g/mol. The molecule has 5 nitrogen and oxygen atoms in total. The summed E-state index contributed by atoms with van der Waals surface area (Å²) in [6, 6.07) is 4.11. The van der Waals surface area contributed by atoms with Gasteiger partial charge < -0.3 is 4.90 Å². The fourth-order valence-electron chi connectivity index (χ4n) is 2.61. The first-order chi connectivity index (χ1) is 9.22. The predicted molar refractivity (Wildman–Crippen MR) is 75.1 cm³/mol. The molecule has 0 N–H and O–H groups in total. The third-order valence-electron chi connectivity index (χ3n) is 3.80. The molecular weight excluding hydrogens is 238 g/mol. The van der Waals surface area contributed by atoms with Crippen molar-refractivity contribution in [1.29, 1.82) is 0 Å². The van der Waals surface area contributed by atoms with Gasteiger partial charge in [-0.2, -0.15) is 0 Å². The van der Waals surface area contributed by atoms with Crippen LogP contribution >= 0.6 is 0 Å². The monoisotopic (exact) mass is 259 g/mol. The lowest BCUT2D eigenvalue weighted by atomic mass is 10.3. The summed E-state index contributed by atoms with van der Waals surface area (Å²) in [5.74, 6) is 1.04. The SMILES string of the molecule is Cc1ccc2nnc(CN3CCCN(C)CC3)n2c1. The second kappa shape index (κ2) is 5.27. The minimum atomic E-state index is 0.887. The Morgan fingerprint density at radius 2 is 2.00 bits per heavy atom. The molecule has 2 aromatic rings. The van der Waals surface area contributed by atoms with Crippen molar-refractivity contribution < 1.29 is 0 Å². The van der Waals surface area contributed by atoms with Crippen LogP contribution in [0.15, 0.2) is 18.3 Å². The van der Waals surface area contributed by atoms with Crippen LogP contribution in [0.3, 0.4) is 0 Å². The topological polar surface area (TPSA) is 36.7 Å². The maximum atomic E-state index is 4.34. The zero-order valence-electron chi connectivity index (χ0n) is 11.7. The number of nitrogens with zero attached hydrogens (tertiary/aromatic N) is 5. The summed E-state index contributed by atoms with van der Waals surface area (Å²) in [5, 5.41) is 8.58. The molecule has 0 radical (unpaired) electrons. The number of pyridine rings is 1. The molecule has 0 aliphatic carbocycles. The molecule has 102 valence electrons. The summed E-state index contributed by atoms with van der Waals surface area (Å²) in [7, 11) is 2.19. The van der Waals surface area contributed by atoms with E-state index in [2.05, 4.69) is 50.6 Å². The normalized spacial score (nSPS) is 18.8. The van der Waals surface area contributed by atoms with Gasteiger partial charge in [0.1, 0.15) is 0 Å². The fourth-order valence-corrected chi connectivity index (χ4v) is 2.61. The zero-order chi connectivity index (χ0) is 13.2. The van der Waals surface area contributed by atoms with Crippen LogP contribution in [0.2, 0.25) is 0 Å². The summed E-state index contributed by atoms with van der Waals surface area (Å²) in [4.78, 5) is 4.87. The molecule has 0 saturated carbocycles. The van der Waals surface area contributed by atoms with Gasteiger partial charge in [0.15, 0.2) is 11.5 Å². The number of aromatic nitrogens is 3. The molecule has 0 amide bonds. The van der Waals surface area contributed by atoms with Crippen molar-refractivity contribution in [2.24, 2.45) is 0 Å². The molecule has 1 aliphatic rings. The quantitative estimate of drug-likeness (QED) is 0.811. The molecule has 1 fully saturated rings. The molecule has 1 aliphatic heterocycles. The van der Waals surface area contributed by atoms with E-state index in [1.54, 1.807) is 0 Å². The average Bonchev–Trinajstić information content (AvgIpc) is 2.66. The standard InChI is InChI=1S/C14H21N5/c1-12-4-5-13-15-16-14(19(13)10-12)11-18-7-3-6-17(2)8-9-18/h4-5,10H,3,6-9,11H2,1-2H3. The second-order valence-electron chi connectivity index (χ2n) is 5.48. The molecule has 2 aromatic heterocycles. The van der Waals surface area contributed by atoms with Gasteiger partial charge in [0.2, 0.25) is 0 Å². The lowest BCUT2D eigenvalue weighted by molar-refractivity contribution is 0.262. The zero-order valence-corrected chi connectivity index (χ0v) is 11.7. The smallest absolute Gasteiger partial charge is 0.160 e. The second-order valence-corrected chi connectivity index (χ2v) is 5.48. The minimum absolute atomic E-state index is 0.887. The largest absolute Gasteiger partial charge is 0.305 e. The molecule has 19 heavy (non-hydrogen) atoms. The van der Waals surface area contributed by atoms with Crippen LogP contribution in [0.25, 0.3) is 5.65 Å². The first kappa shape index (κ1) is 12.6. The van der Waals surface area contributed by atoms with E-state index in [0.717, 1.165) is 37.7 Å². The van der Waals surface area contributed by atoms with Crippen LogP contribution < -0.4 is 0 Å². The minimum Gasteiger partial charge on any atom is -0.305 e. The Bertz CT molecular complexity index is 562. The van der Waals surface area contributed by atoms with E-state index in [1.165, 1.54) is 18.5 Å². The molecule has 0 bridgehead atoms. The van der Waals surface area contributed by atoms with Crippen molar-refractivity contribution in [1.82, 2.24) is 24.4 Å². The van der Waals surface area contributed by atoms with Gasteiger partial charge in [0.05, 0.1) is 6.54 Å². The van der Waals surface area contributed by atoms with Crippen LogP contribution in [0, 0.1) is 6.92 Å². The van der Waals surface area contributed by atoms with Crippen LogP contribution in [-0.4, -0.2) is 57.6 Å². The van der Waals surface area contributed by atoms with Gasteiger partial charge in [-0.25, -0.2) is 0 Å². The highest BCUT2D eigenvalue weighted by Gasteiger charge is 2.15. The van der Waals surface area contributed by atoms with Gasteiger partial charge in [-0.3, -0.25) is 9.30 Å². The Kier molecular flexibility index (Phi) is 3.48. The highest BCUT2D eigenvalue weighted by Crippen LogP contribution is 2.10. The van der Waals surface area contributed by atoms with Crippen LogP contribution in [-0.2, 0) is 6.54 Å². The Balaban J connectivity index is 1.79. The summed E-state index contributed by atoms with van der Waals surface area (Å²) in [6.07, 6.45) is 3.35. The van der Waals surface area contributed by atoms with Crippen molar-refractivity contribution >= 4 is 5.65 Å². The van der Waals surface area contributed by atoms with Crippen molar-refractivity contribution in [2.75, 3.05) is 33.2 Å². The Morgan fingerprint density at radius 3 is 2.89 bits per heavy atom. The number of fused-ring (bicyclic) bond motifs is 1. The van der Waals surface area contributed by atoms with Gasteiger partial charge in [0.25, 0.3) is 0 Å². The summed E-state index contributed by atoms with van der Waals surface area (Å²) in [6.45, 7) is 7.57. The molecule has 0 atom stereocenters. The van der Waals surface area contributed by atoms with Crippen LogP contribution in [0.4, 0.5) is 0 Å². The van der Waals surface area contributed by atoms with E-state index < -0.39 is 0 Å². The molecule has 0 spiro atoms. The molecule has 3 heterocycles. The third-order valence-corrected chi connectivity index (χ3v) is 3.80. The van der Waals surface area contributed by atoms with E-state index >= 15 is 0 Å². The molecule has 5 heteroatoms. The van der Waals surface area contributed by atoms with E-state index in [0.29, 0.717) is 0 Å². The van der Waals surface area contributed by atoms with Crippen LogP contribution in [0.5, 0.6) is 0 Å². The maximum absolute atomic E-state index is 4.34. The molecule has 3 rings (SSSR count). The van der Waals surface area contributed by atoms with Crippen molar-refractivity contribution in [2.45, 2.75) is 19.9 Å². The Morgan fingerprint density at radius 1 is 1.11 bits per heavy atom. The lowest BCUT2D eigenvalue weighted by Gasteiger charge is -2.18. The number of aryl methyl sites for hydroxylation is 1. The summed E-state index contributed by atoms with van der Waals surface area (Å²) >= 11 is 0. The first-order valence-corrected chi connectivity index (χ1v) is 6.93. The first-order valence-electron chi connectivity index (χ1n) is 6.93. The Hall–Kier alpha value is -1.46. The van der Waals surface area contributed by atoms with E-state index in [1.807, 2.05) is 6.07 Å². The van der Waals surface area contributed by atoms with E-state index in [-0.39, 0.29) is 0 Å². The number of rotatable bonds is 2. The van der Waals surface area contributed by atoms with Gasteiger partial charge in [-0.15, -0.1) is 10.2 Å². The Labute approximate surface area is 113 Å².